The molecular formula is C21H35O5P. The molecule has 3 N–H and O–H groups in total. The van der Waals surface area contributed by atoms with Gasteiger partial charge in [-0.25, -0.2) is 0 Å². The lowest BCUT2D eigenvalue weighted by Gasteiger charge is -2.25. The second-order valence-electron chi connectivity index (χ2n) is 7.84. The van der Waals surface area contributed by atoms with E-state index < -0.39 is 25.1 Å². The summed E-state index contributed by atoms with van der Waals surface area (Å²) in [5.74, 6) is -1.00. The third-order valence-corrected chi connectivity index (χ3v) is 6.08. The van der Waals surface area contributed by atoms with Gasteiger partial charge in [-0.05, 0) is 50.2 Å². The molecule has 1 atom stereocenters. The molecule has 0 aliphatic heterocycles. The molecule has 154 valence electrons. The zero-order valence-corrected chi connectivity index (χ0v) is 17.6. The summed E-state index contributed by atoms with van der Waals surface area (Å²) >= 11 is 0. The van der Waals surface area contributed by atoms with Crippen LogP contribution in [0.1, 0.15) is 76.3 Å². The highest BCUT2D eigenvalue weighted by Crippen LogP contribution is 2.40. The minimum Gasteiger partial charge on any atom is -0.481 e. The first-order valence-electron chi connectivity index (χ1n) is 10.0. The Balaban J connectivity index is 2.46. The summed E-state index contributed by atoms with van der Waals surface area (Å²) in [5, 5.41) is 9.47. The van der Waals surface area contributed by atoms with Crippen molar-refractivity contribution in [1.29, 1.82) is 0 Å². The first kappa shape index (κ1) is 23.9. The topological polar surface area (TPSA) is 94.8 Å². The zero-order valence-electron chi connectivity index (χ0n) is 16.7. The minimum absolute atomic E-state index is 0.0251. The molecule has 0 saturated heterocycles. The van der Waals surface area contributed by atoms with E-state index in [0.29, 0.717) is 12.8 Å². The van der Waals surface area contributed by atoms with E-state index >= 15 is 0 Å². The van der Waals surface area contributed by atoms with Crippen molar-refractivity contribution >= 4 is 13.6 Å². The fourth-order valence-electron chi connectivity index (χ4n) is 3.13. The third kappa shape index (κ3) is 10.1. The molecule has 1 unspecified atom stereocenters. The smallest absolute Gasteiger partial charge is 0.325 e. The summed E-state index contributed by atoms with van der Waals surface area (Å²) in [5.41, 5.74) is 1.24. The second-order valence-corrected chi connectivity index (χ2v) is 9.61. The van der Waals surface area contributed by atoms with E-state index in [9.17, 15) is 14.5 Å². The Morgan fingerprint density at radius 3 is 1.96 bits per heavy atom. The van der Waals surface area contributed by atoms with Crippen LogP contribution >= 0.6 is 7.60 Å². The van der Waals surface area contributed by atoms with Gasteiger partial charge in [0.25, 0.3) is 0 Å². The van der Waals surface area contributed by atoms with Crippen molar-refractivity contribution in [2.75, 3.05) is 6.16 Å². The molecule has 0 saturated carbocycles. The SMILES string of the molecule is CCCCCCCCc1ccc(CCC(C)(CCP(=O)(O)O)C(=O)O)cc1. The molecule has 0 radical (unpaired) electrons. The maximum atomic E-state index is 11.6. The van der Waals surface area contributed by atoms with Crippen LogP contribution in [0.2, 0.25) is 0 Å². The molecule has 0 amide bonds. The number of benzene rings is 1. The number of hydrogen-bond donors (Lipinski definition) is 3. The van der Waals surface area contributed by atoms with Crippen molar-refractivity contribution in [3.63, 3.8) is 0 Å². The van der Waals surface area contributed by atoms with E-state index in [4.69, 9.17) is 9.79 Å². The molecule has 0 aliphatic rings. The number of aliphatic carboxylic acids is 1. The van der Waals surface area contributed by atoms with Gasteiger partial charge in [-0.15, -0.1) is 0 Å². The predicted molar refractivity (Wildman–Crippen MR) is 109 cm³/mol. The molecule has 1 aromatic rings. The number of carboxylic acids is 1. The number of aryl methyl sites for hydroxylation is 2. The normalized spacial score (nSPS) is 14.1. The maximum absolute atomic E-state index is 11.6. The van der Waals surface area contributed by atoms with Gasteiger partial charge in [0.05, 0.1) is 11.6 Å². The Kier molecular flexibility index (Phi) is 10.3. The van der Waals surface area contributed by atoms with Crippen LogP contribution in [0, 0.1) is 5.41 Å². The Morgan fingerprint density at radius 1 is 0.926 bits per heavy atom. The van der Waals surface area contributed by atoms with Crippen LogP contribution in [0.4, 0.5) is 0 Å². The molecule has 0 fully saturated rings. The minimum atomic E-state index is -4.19. The first-order valence-corrected chi connectivity index (χ1v) is 11.8. The van der Waals surface area contributed by atoms with Crippen LogP contribution in [0.5, 0.6) is 0 Å². The van der Waals surface area contributed by atoms with Crippen molar-refractivity contribution in [2.45, 2.75) is 78.1 Å². The molecule has 0 spiro atoms. The third-order valence-electron chi connectivity index (χ3n) is 5.28. The van der Waals surface area contributed by atoms with Gasteiger partial charge in [-0.2, -0.15) is 0 Å². The standard InChI is InChI=1S/C21H35O5P/c1-3-4-5-6-7-8-9-18-10-12-19(13-11-18)14-15-21(2,20(22)23)16-17-27(24,25)26/h10-13H,3-9,14-17H2,1-2H3,(H,22,23)(H2,24,25,26). The van der Waals surface area contributed by atoms with Gasteiger partial charge in [-0.3, -0.25) is 9.36 Å². The van der Waals surface area contributed by atoms with E-state index in [1.807, 2.05) is 12.1 Å². The van der Waals surface area contributed by atoms with Gasteiger partial charge in [0, 0.05) is 0 Å². The Labute approximate surface area is 163 Å². The highest BCUT2D eigenvalue weighted by atomic mass is 31.2. The summed E-state index contributed by atoms with van der Waals surface area (Å²) < 4.78 is 11.1. The van der Waals surface area contributed by atoms with Crippen LogP contribution in [0.25, 0.3) is 0 Å². The molecule has 1 rings (SSSR count). The van der Waals surface area contributed by atoms with Gasteiger partial charge in [-0.1, -0.05) is 63.3 Å². The molecule has 5 nitrogen and oxygen atoms in total. The molecular weight excluding hydrogens is 363 g/mol. The molecule has 0 aliphatic carbocycles. The highest BCUT2D eigenvalue weighted by molar-refractivity contribution is 7.51. The molecule has 0 heterocycles. The lowest BCUT2D eigenvalue weighted by Crippen LogP contribution is -2.29. The van der Waals surface area contributed by atoms with Crippen molar-refractivity contribution in [1.82, 2.24) is 0 Å². The molecule has 0 bridgehead atoms. The molecule has 1 aromatic carbocycles. The van der Waals surface area contributed by atoms with Crippen LogP contribution < -0.4 is 0 Å². The average molecular weight is 398 g/mol. The second kappa shape index (κ2) is 11.6. The van der Waals surface area contributed by atoms with Crippen molar-refractivity contribution in [3.8, 4) is 0 Å². The Bertz CT molecular complexity index is 608. The number of rotatable bonds is 14. The maximum Gasteiger partial charge on any atom is 0.325 e. The number of carboxylic acid groups (broad SMARTS) is 1. The summed E-state index contributed by atoms with van der Waals surface area (Å²) in [6.07, 6.45) is 9.26. The fraction of sp³-hybridized carbons (Fsp3) is 0.667. The van der Waals surface area contributed by atoms with E-state index in [0.717, 1.165) is 12.0 Å². The van der Waals surface area contributed by atoms with Crippen LogP contribution in [0.3, 0.4) is 0 Å². The molecule has 6 heteroatoms. The zero-order chi connectivity index (χ0) is 20.3. The summed E-state index contributed by atoms with van der Waals surface area (Å²) in [7, 11) is -4.19. The van der Waals surface area contributed by atoms with E-state index in [-0.39, 0.29) is 6.42 Å². The van der Waals surface area contributed by atoms with Crippen molar-refractivity contribution in [3.05, 3.63) is 35.4 Å². The Morgan fingerprint density at radius 2 is 1.44 bits per heavy atom. The fourth-order valence-corrected chi connectivity index (χ4v) is 3.92. The monoisotopic (exact) mass is 398 g/mol. The summed E-state index contributed by atoms with van der Waals surface area (Å²) in [4.78, 5) is 29.6. The van der Waals surface area contributed by atoms with Gasteiger partial charge < -0.3 is 14.9 Å². The number of hydrogen-bond acceptors (Lipinski definition) is 2. The first-order chi connectivity index (χ1) is 12.7. The average Bonchev–Trinajstić information content (AvgIpc) is 2.61. The van der Waals surface area contributed by atoms with Gasteiger partial charge >= 0.3 is 13.6 Å². The number of carbonyl (C=O) groups is 1. The van der Waals surface area contributed by atoms with Gasteiger partial charge in [0.1, 0.15) is 0 Å². The lowest BCUT2D eigenvalue weighted by atomic mass is 9.81. The van der Waals surface area contributed by atoms with Gasteiger partial charge in [0.2, 0.25) is 0 Å². The highest BCUT2D eigenvalue weighted by Gasteiger charge is 2.34. The summed E-state index contributed by atoms with van der Waals surface area (Å²) in [6.45, 7) is 3.79. The predicted octanol–water partition coefficient (Wildman–Crippen LogP) is 5.18. The van der Waals surface area contributed by atoms with Gasteiger partial charge in [0.15, 0.2) is 0 Å². The van der Waals surface area contributed by atoms with E-state index in [1.54, 1.807) is 6.92 Å². The summed E-state index contributed by atoms with van der Waals surface area (Å²) in [6, 6.07) is 8.29. The lowest BCUT2D eigenvalue weighted by molar-refractivity contribution is -0.148. The van der Waals surface area contributed by atoms with Crippen molar-refractivity contribution in [2.24, 2.45) is 5.41 Å². The van der Waals surface area contributed by atoms with E-state index in [2.05, 4.69) is 19.1 Å². The van der Waals surface area contributed by atoms with Crippen LogP contribution in [-0.2, 0) is 22.2 Å². The van der Waals surface area contributed by atoms with Crippen LogP contribution in [0.15, 0.2) is 24.3 Å². The largest absolute Gasteiger partial charge is 0.481 e. The molecule has 0 aromatic heterocycles. The van der Waals surface area contributed by atoms with Crippen molar-refractivity contribution < 1.29 is 24.3 Å². The quantitative estimate of drug-likeness (QED) is 0.296. The van der Waals surface area contributed by atoms with Crippen LogP contribution in [-0.4, -0.2) is 27.0 Å². The molecule has 27 heavy (non-hydrogen) atoms. The Hall–Kier alpha value is -1.16. The number of unbranched alkanes of at least 4 members (excludes halogenated alkanes) is 5. The van der Waals surface area contributed by atoms with E-state index in [1.165, 1.54) is 44.1 Å².